The van der Waals surface area contributed by atoms with Crippen LogP contribution in [0.1, 0.15) is 46.0 Å². The van der Waals surface area contributed by atoms with Crippen molar-refractivity contribution in [3.63, 3.8) is 0 Å². The summed E-state index contributed by atoms with van der Waals surface area (Å²) in [6, 6.07) is 0. The smallest absolute Gasteiger partial charge is 0.225 e. The van der Waals surface area contributed by atoms with Crippen molar-refractivity contribution in [1.82, 2.24) is 4.90 Å². The molecule has 2 N–H and O–H groups in total. The number of nitrogens with zero attached hydrogens (tertiary/aromatic N) is 1. The summed E-state index contributed by atoms with van der Waals surface area (Å²) >= 11 is 0. The molecule has 16 heavy (non-hydrogen) atoms. The maximum atomic E-state index is 12.2. The van der Waals surface area contributed by atoms with Gasteiger partial charge in [0.15, 0.2) is 0 Å². The molecule has 3 nitrogen and oxygen atoms in total. The monoisotopic (exact) mass is 226 g/mol. The van der Waals surface area contributed by atoms with E-state index in [1.165, 1.54) is 6.42 Å². The number of carbonyl (C=O) groups is 1. The Bertz CT molecular complexity index is 212. The van der Waals surface area contributed by atoms with Gasteiger partial charge in [-0.05, 0) is 44.6 Å². The molecule has 1 aliphatic heterocycles. The van der Waals surface area contributed by atoms with Crippen LogP contribution < -0.4 is 5.73 Å². The maximum absolute atomic E-state index is 12.2. The summed E-state index contributed by atoms with van der Waals surface area (Å²) in [7, 11) is 0. The lowest BCUT2D eigenvalue weighted by molar-refractivity contribution is -0.137. The zero-order valence-corrected chi connectivity index (χ0v) is 10.7. The van der Waals surface area contributed by atoms with E-state index >= 15 is 0 Å². The molecule has 1 amide bonds. The quantitative estimate of drug-likeness (QED) is 0.779. The van der Waals surface area contributed by atoms with E-state index in [0.29, 0.717) is 11.8 Å². The molecule has 0 aromatic heterocycles. The first-order valence-corrected chi connectivity index (χ1v) is 6.71. The second-order valence-electron chi connectivity index (χ2n) is 4.88. The molecule has 0 aromatic carbocycles. The highest BCUT2D eigenvalue weighted by molar-refractivity contribution is 5.78. The van der Waals surface area contributed by atoms with Crippen molar-refractivity contribution in [2.45, 2.75) is 46.0 Å². The van der Waals surface area contributed by atoms with E-state index in [2.05, 4.69) is 18.7 Å². The zero-order valence-electron chi connectivity index (χ0n) is 10.7. The van der Waals surface area contributed by atoms with Crippen molar-refractivity contribution >= 4 is 5.91 Å². The average Bonchev–Trinajstić information content (AvgIpc) is 2.31. The predicted molar refractivity (Wildman–Crippen MR) is 67.0 cm³/mol. The number of carbonyl (C=O) groups excluding carboxylic acids is 1. The highest BCUT2D eigenvalue weighted by Crippen LogP contribution is 2.22. The maximum Gasteiger partial charge on any atom is 0.225 e. The zero-order chi connectivity index (χ0) is 12.0. The highest BCUT2D eigenvalue weighted by Gasteiger charge is 2.26. The minimum Gasteiger partial charge on any atom is -0.342 e. The Labute approximate surface area is 99.4 Å². The molecule has 3 heteroatoms. The summed E-state index contributed by atoms with van der Waals surface area (Å²) in [4.78, 5) is 14.3. The van der Waals surface area contributed by atoms with Gasteiger partial charge < -0.3 is 10.6 Å². The van der Waals surface area contributed by atoms with Crippen LogP contribution >= 0.6 is 0 Å². The SMILES string of the molecule is CCC(CC)C(=O)N1CCCC(CCN)C1. The average molecular weight is 226 g/mol. The molecule has 0 bridgehead atoms. The van der Waals surface area contributed by atoms with Gasteiger partial charge in [-0.1, -0.05) is 13.8 Å². The first kappa shape index (κ1) is 13.5. The highest BCUT2D eigenvalue weighted by atomic mass is 16.2. The molecule has 0 spiro atoms. The topological polar surface area (TPSA) is 46.3 Å². The summed E-state index contributed by atoms with van der Waals surface area (Å²) < 4.78 is 0. The van der Waals surface area contributed by atoms with Crippen molar-refractivity contribution < 1.29 is 4.79 Å². The van der Waals surface area contributed by atoms with Crippen LogP contribution in [-0.2, 0) is 4.79 Å². The normalized spacial score (nSPS) is 21.5. The molecule has 1 aliphatic rings. The molecule has 94 valence electrons. The van der Waals surface area contributed by atoms with Gasteiger partial charge in [0.1, 0.15) is 0 Å². The van der Waals surface area contributed by atoms with Gasteiger partial charge in [0.05, 0.1) is 0 Å². The van der Waals surface area contributed by atoms with E-state index in [4.69, 9.17) is 5.73 Å². The van der Waals surface area contributed by atoms with Crippen molar-refractivity contribution in [3.8, 4) is 0 Å². The molecule has 1 fully saturated rings. The summed E-state index contributed by atoms with van der Waals surface area (Å²) in [5, 5.41) is 0. The summed E-state index contributed by atoms with van der Waals surface area (Å²) in [6.45, 7) is 6.85. The van der Waals surface area contributed by atoms with Crippen LogP contribution in [0.3, 0.4) is 0 Å². The van der Waals surface area contributed by atoms with Crippen LogP contribution in [0.2, 0.25) is 0 Å². The summed E-state index contributed by atoms with van der Waals surface area (Å²) in [5.41, 5.74) is 5.59. The van der Waals surface area contributed by atoms with Gasteiger partial charge in [-0.3, -0.25) is 4.79 Å². The van der Waals surface area contributed by atoms with Gasteiger partial charge in [-0.15, -0.1) is 0 Å². The van der Waals surface area contributed by atoms with Crippen LogP contribution in [0.5, 0.6) is 0 Å². The van der Waals surface area contributed by atoms with Crippen LogP contribution in [0.25, 0.3) is 0 Å². The molecule has 1 rings (SSSR count). The van der Waals surface area contributed by atoms with Gasteiger partial charge >= 0.3 is 0 Å². The fourth-order valence-corrected chi connectivity index (χ4v) is 2.63. The van der Waals surface area contributed by atoms with Crippen LogP contribution in [0, 0.1) is 11.8 Å². The van der Waals surface area contributed by atoms with Crippen molar-refractivity contribution in [3.05, 3.63) is 0 Å². The summed E-state index contributed by atoms with van der Waals surface area (Å²) in [6.07, 6.45) is 5.38. The lowest BCUT2D eigenvalue weighted by atomic mass is 9.93. The lowest BCUT2D eigenvalue weighted by Gasteiger charge is -2.34. The lowest BCUT2D eigenvalue weighted by Crippen LogP contribution is -2.43. The van der Waals surface area contributed by atoms with E-state index in [9.17, 15) is 4.79 Å². The van der Waals surface area contributed by atoms with Crippen molar-refractivity contribution in [2.24, 2.45) is 17.6 Å². The molecule has 1 atom stereocenters. The fraction of sp³-hybridized carbons (Fsp3) is 0.923. The number of hydrogen-bond acceptors (Lipinski definition) is 2. The number of amides is 1. The number of hydrogen-bond donors (Lipinski definition) is 1. The third-order valence-corrected chi connectivity index (χ3v) is 3.74. The van der Waals surface area contributed by atoms with E-state index in [0.717, 1.165) is 45.3 Å². The molecule has 0 aliphatic carbocycles. The van der Waals surface area contributed by atoms with Crippen molar-refractivity contribution in [1.29, 1.82) is 0 Å². The van der Waals surface area contributed by atoms with Crippen LogP contribution in [0.4, 0.5) is 0 Å². The van der Waals surface area contributed by atoms with E-state index in [1.807, 2.05) is 0 Å². The Kier molecular flexibility index (Phi) is 5.81. The molecular formula is C13H26N2O. The Hall–Kier alpha value is -0.570. The van der Waals surface area contributed by atoms with Gasteiger partial charge in [0.25, 0.3) is 0 Å². The second-order valence-corrected chi connectivity index (χ2v) is 4.88. The van der Waals surface area contributed by atoms with Crippen molar-refractivity contribution in [2.75, 3.05) is 19.6 Å². The fourth-order valence-electron chi connectivity index (χ4n) is 2.63. The van der Waals surface area contributed by atoms with E-state index in [-0.39, 0.29) is 5.92 Å². The predicted octanol–water partition coefficient (Wildman–Crippen LogP) is 2.01. The van der Waals surface area contributed by atoms with Crippen LogP contribution in [-0.4, -0.2) is 30.4 Å². The molecule has 0 saturated carbocycles. The molecular weight excluding hydrogens is 200 g/mol. The molecule has 0 radical (unpaired) electrons. The largest absolute Gasteiger partial charge is 0.342 e. The molecule has 1 heterocycles. The minimum absolute atomic E-state index is 0.233. The summed E-state index contributed by atoms with van der Waals surface area (Å²) in [5.74, 6) is 1.24. The third kappa shape index (κ3) is 3.48. The number of rotatable bonds is 5. The first-order valence-electron chi connectivity index (χ1n) is 6.71. The number of piperidine rings is 1. The standard InChI is InChI=1S/C13H26N2O/c1-3-12(4-2)13(16)15-9-5-6-11(10-15)7-8-14/h11-12H,3-10,14H2,1-2H3. The minimum atomic E-state index is 0.233. The first-order chi connectivity index (χ1) is 7.72. The Morgan fingerprint density at radius 3 is 2.69 bits per heavy atom. The van der Waals surface area contributed by atoms with E-state index in [1.54, 1.807) is 0 Å². The molecule has 1 saturated heterocycles. The Morgan fingerprint density at radius 1 is 1.44 bits per heavy atom. The van der Waals surface area contributed by atoms with Gasteiger partial charge in [-0.25, -0.2) is 0 Å². The molecule has 0 aromatic rings. The molecule has 1 unspecified atom stereocenters. The third-order valence-electron chi connectivity index (χ3n) is 3.74. The van der Waals surface area contributed by atoms with Gasteiger partial charge in [-0.2, -0.15) is 0 Å². The van der Waals surface area contributed by atoms with Gasteiger partial charge in [0.2, 0.25) is 5.91 Å². The van der Waals surface area contributed by atoms with Gasteiger partial charge in [0, 0.05) is 19.0 Å². The van der Waals surface area contributed by atoms with E-state index < -0.39 is 0 Å². The Morgan fingerprint density at radius 2 is 2.12 bits per heavy atom. The van der Waals surface area contributed by atoms with Crippen LogP contribution in [0.15, 0.2) is 0 Å². The second kappa shape index (κ2) is 6.89. The number of likely N-dealkylation sites (tertiary alicyclic amines) is 1. The Balaban J connectivity index is 2.49. The number of nitrogens with two attached hydrogens (primary N) is 1.